The number of hydrogen-bond acceptors (Lipinski definition) is 2. The molecule has 1 N–H and O–H groups in total. The molecule has 1 aromatic rings. The van der Waals surface area contributed by atoms with Crippen molar-refractivity contribution in [3.63, 3.8) is 0 Å². The van der Waals surface area contributed by atoms with Gasteiger partial charge in [0.25, 0.3) is 0 Å². The highest BCUT2D eigenvalue weighted by atomic mass is 127. The lowest BCUT2D eigenvalue weighted by Gasteiger charge is -2.32. The van der Waals surface area contributed by atoms with Crippen LogP contribution in [0, 0.1) is 10.5 Å². The second-order valence-corrected chi connectivity index (χ2v) is 6.30. The minimum absolute atomic E-state index is 0.0290. The molecule has 1 aromatic carbocycles. The standard InChI is InChI=1S/C15H21IN2O2/c1-3-20-13-5-4-8-18(10-13)15(19)17-14-7-6-12(16)9-11(14)2/h6-7,9,13H,3-5,8,10H2,1-2H3,(H,17,19). The Morgan fingerprint density at radius 2 is 2.35 bits per heavy atom. The minimum atomic E-state index is -0.0290. The van der Waals surface area contributed by atoms with Gasteiger partial charge in [-0.15, -0.1) is 0 Å². The van der Waals surface area contributed by atoms with Gasteiger partial charge < -0.3 is 15.0 Å². The third-order valence-corrected chi connectivity index (χ3v) is 4.17. The van der Waals surface area contributed by atoms with Gasteiger partial charge in [0.2, 0.25) is 0 Å². The maximum absolute atomic E-state index is 12.3. The van der Waals surface area contributed by atoms with Gasteiger partial charge in [0.1, 0.15) is 0 Å². The first-order valence-electron chi connectivity index (χ1n) is 7.04. The molecule has 2 amide bonds. The number of nitrogens with one attached hydrogen (secondary N) is 1. The number of hydrogen-bond donors (Lipinski definition) is 1. The van der Waals surface area contributed by atoms with Gasteiger partial charge in [-0.25, -0.2) is 4.79 Å². The molecule has 0 aromatic heterocycles. The predicted octanol–water partition coefficient (Wildman–Crippen LogP) is 3.63. The third-order valence-electron chi connectivity index (χ3n) is 3.50. The highest BCUT2D eigenvalue weighted by Crippen LogP contribution is 2.19. The second-order valence-electron chi connectivity index (χ2n) is 5.05. The second kappa shape index (κ2) is 7.26. The number of ether oxygens (including phenoxy) is 1. The Kier molecular flexibility index (Phi) is 5.65. The predicted molar refractivity (Wildman–Crippen MR) is 89.1 cm³/mol. The van der Waals surface area contributed by atoms with E-state index in [1.807, 2.05) is 30.9 Å². The van der Waals surface area contributed by atoms with Crippen molar-refractivity contribution < 1.29 is 9.53 Å². The Balaban J connectivity index is 1.97. The monoisotopic (exact) mass is 388 g/mol. The molecule has 4 nitrogen and oxygen atoms in total. The molecule has 1 heterocycles. The number of rotatable bonds is 3. The number of benzene rings is 1. The Hall–Kier alpha value is -0.820. The van der Waals surface area contributed by atoms with Gasteiger partial charge in [-0.1, -0.05) is 0 Å². The first-order valence-corrected chi connectivity index (χ1v) is 8.11. The summed E-state index contributed by atoms with van der Waals surface area (Å²) >= 11 is 2.27. The van der Waals surface area contributed by atoms with E-state index < -0.39 is 0 Å². The molecule has 0 spiro atoms. The van der Waals surface area contributed by atoms with Crippen LogP contribution < -0.4 is 5.32 Å². The fraction of sp³-hybridized carbons (Fsp3) is 0.533. The molecule has 1 atom stereocenters. The fourth-order valence-corrected chi connectivity index (χ4v) is 3.10. The maximum Gasteiger partial charge on any atom is 0.321 e. The van der Waals surface area contributed by atoms with Crippen LogP contribution in [-0.4, -0.2) is 36.7 Å². The summed E-state index contributed by atoms with van der Waals surface area (Å²) in [6.07, 6.45) is 2.22. The molecule has 1 aliphatic heterocycles. The lowest BCUT2D eigenvalue weighted by Crippen LogP contribution is -2.45. The van der Waals surface area contributed by atoms with Crippen molar-refractivity contribution >= 4 is 34.3 Å². The molecule has 0 saturated carbocycles. The van der Waals surface area contributed by atoms with E-state index in [0.29, 0.717) is 13.2 Å². The van der Waals surface area contributed by atoms with E-state index in [2.05, 4.69) is 34.0 Å². The van der Waals surface area contributed by atoms with Gasteiger partial charge in [0.15, 0.2) is 0 Å². The summed E-state index contributed by atoms with van der Waals surface area (Å²) in [5.41, 5.74) is 1.97. The van der Waals surface area contributed by atoms with Crippen LogP contribution in [0.5, 0.6) is 0 Å². The number of carbonyl (C=O) groups is 1. The first-order chi connectivity index (χ1) is 9.60. The molecular formula is C15H21IN2O2. The summed E-state index contributed by atoms with van der Waals surface area (Å²) in [7, 11) is 0. The smallest absolute Gasteiger partial charge is 0.321 e. The lowest BCUT2D eigenvalue weighted by molar-refractivity contribution is 0.0181. The summed E-state index contributed by atoms with van der Waals surface area (Å²) in [6.45, 7) is 6.20. The Labute approximate surface area is 134 Å². The number of piperidine rings is 1. The van der Waals surface area contributed by atoms with Crippen molar-refractivity contribution in [1.82, 2.24) is 4.90 Å². The van der Waals surface area contributed by atoms with Crippen LogP contribution in [-0.2, 0) is 4.74 Å². The molecule has 0 aliphatic carbocycles. The molecule has 5 heteroatoms. The number of amides is 2. The molecule has 1 aliphatic rings. The van der Waals surface area contributed by atoms with Gasteiger partial charge in [-0.3, -0.25) is 0 Å². The average molecular weight is 388 g/mol. The SMILES string of the molecule is CCOC1CCCN(C(=O)Nc2ccc(I)cc2C)C1. The molecule has 110 valence electrons. The minimum Gasteiger partial charge on any atom is -0.377 e. The molecule has 1 unspecified atom stereocenters. The van der Waals surface area contributed by atoms with E-state index in [1.54, 1.807) is 0 Å². The Bertz CT molecular complexity index is 477. The fourth-order valence-electron chi connectivity index (χ4n) is 2.46. The first kappa shape index (κ1) is 15.6. The Morgan fingerprint density at radius 1 is 1.55 bits per heavy atom. The van der Waals surface area contributed by atoms with E-state index >= 15 is 0 Å². The van der Waals surface area contributed by atoms with E-state index in [-0.39, 0.29) is 12.1 Å². The number of likely N-dealkylation sites (tertiary alicyclic amines) is 1. The van der Waals surface area contributed by atoms with Crippen LogP contribution >= 0.6 is 22.6 Å². The van der Waals surface area contributed by atoms with Gasteiger partial charge >= 0.3 is 6.03 Å². The number of aryl methyl sites for hydroxylation is 1. The average Bonchev–Trinajstić information content (AvgIpc) is 2.42. The van der Waals surface area contributed by atoms with E-state index in [9.17, 15) is 4.79 Å². The summed E-state index contributed by atoms with van der Waals surface area (Å²) in [4.78, 5) is 14.2. The van der Waals surface area contributed by atoms with Gasteiger partial charge in [0, 0.05) is 29.0 Å². The van der Waals surface area contributed by atoms with Crippen molar-refractivity contribution in [2.24, 2.45) is 0 Å². The van der Waals surface area contributed by atoms with Gasteiger partial charge in [0.05, 0.1) is 6.10 Å². The molecule has 0 radical (unpaired) electrons. The van der Waals surface area contributed by atoms with Crippen molar-refractivity contribution in [3.8, 4) is 0 Å². The van der Waals surface area contributed by atoms with Gasteiger partial charge in [-0.2, -0.15) is 0 Å². The number of halogens is 1. The zero-order chi connectivity index (χ0) is 14.5. The molecule has 0 bridgehead atoms. The zero-order valence-electron chi connectivity index (χ0n) is 12.0. The largest absolute Gasteiger partial charge is 0.377 e. The van der Waals surface area contributed by atoms with Crippen LogP contribution in [0.3, 0.4) is 0 Å². The highest BCUT2D eigenvalue weighted by Gasteiger charge is 2.24. The number of carbonyl (C=O) groups excluding carboxylic acids is 1. The highest BCUT2D eigenvalue weighted by molar-refractivity contribution is 14.1. The lowest BCUT2D eigenvalue weighted by atomic mass is 10.1. The van der Waals surface area contributed by atoms with Crippen LogP contribution in [0.15, 0.2) is 18.2 Å². The van der Waals surface area contributed by atoms with Crippen molar-refractivity contribution in [3.05, 3.63) is 27.3 Å². The summed E-state index contributed by atoms with van der Waals surface area (Å²) in [6, 6.07) is 6.00. The normalized spacial score (nSPS) is 18.9. The van der Waals surface area contributed by atoms with Crippen LogP contribution in [0.25, 0.3) is 0 Å². The summed E-state index contributed by atoms with van der Waals surface area (Å²) < 4.78 is 6.80. The van der Waals surface area contributed by atoms with Crippen molar-refractivity contribution in [2.75, 3.05) is 25.0 Å². The summed E-state index contributed by atoms with van der Waals surface area (Å²) in [5, 5.41) is 3.00. The van der Waals surface area contributed by atoms with Crippen LogP contribution in [0.4, 0.5) is 10.5 Å². The van der Waals surface area contributed by atoms with E-state index in [4.69, 9.17) is 4.74 Å². The quantitative estimate of drug-likeness (QED) is 0.804. The van der Waals surface area contributed by atoms with Crippen LogP contribution in [0.1, 0.15) is 25.3 Å². The molecular weight excluding hydrogens is 367 g/mol. The molecule has 1 saturated heterocycles. The number of urea groups is 1. The molecule has 2 rings (SSSR count). The zero-order valence-corrected chi connectivity index (χ0v) is 14.1. The number of nitrogens with zero attached hydrogens (tertiary/aromatic N) is 1. The summed E-state index contributed by atoms with van der Waals surface area (Å²) in [5.74, 6) is 0. The topological polar surface area (TPSA) is 41.6 Å². The van der Waals surface area contributed by atoms with Gasteiger partial charge in [-0.05, 0) is 73.0 Å². The van der Waals surface area contributed by atoms with Crippen LogP contribution in [0.2, 0.25) is 0 Å². The van der Waals surface area contributed by atoms with Crippen molar-refractivity contribution in [1.29, 1.82) is 0 Å². The molecule has 20 heavy (non-hydrogen) atoms. The van der Waals surface area contributed by atoms with E-state index in [1.165, 1.54) is 3.57 Å². The molecule has 1 fully saturated rings. The van der Waals surface area contributed by atoms with Crippen molar-refractivity contribution in [2.45, 2.75) is 32.8 Å². The number of anilines is 1. The maximum atomic E-state index is 12.3. The Morgan fingerprint density at radius 3 is 3.05 bits per heavy atom. The van der Waals surface area contributed by atoms with E-state index in [0.717, 1.165) is 30.6 Å². The third kappa shape index (κ3) is 4.09.